The van der Waals surface area contributed by atoms with Crippen molar-refractivity contribution in [3.8, 4) is 11.5 Å². The molecular weight excluding hydrogens is 484 g/mol. The second-order valence-electron chi connectivity index (χ2n) is 12.2. The third-order valence-corrected chi connectivity index (χ3v) is 8.02. The molecule has 2 N–H and O–H groups in total. The maximum atomic E-state index is 10.2. The standard InChI is InChI=1S/C33H44N4O2/c1-32(2)26-22-24(38)14-16-28(26)36(20-18-34(5)6)30(32)12-10-9-11-13-31-33(3,4)27-23-25(39)15-17-29(27)37(31)21-19-35(7)8/h9-17,22-23H,18-21H2,1-8H3,(H-,38,39)/p+1. The highest BCUT2D eigenvalue weighted by Crippen LogP contribution is 2.48. The van der Waals surface area contributed by atoms with Crippen LogP contribution in [0.2, 0.25) is 0 Å². The van der Waals surface area contributed by atoms with Crippen LogP contribution in [0.1, 0.15) is 38.8 Å². The number of likely N-dealkylation sites (N-methyl/N-ethyl adjacent to an activating group) is 2. The lowest BCUT2D eigenvalue weighted by atomic mass is 9.81. The first kappa shape index (κ1) is 28.7. The molecule has 0 amide bonds. The molecule has 0 aromatic heterocycles. The van der Waals surface area contributed by atoms with E-state index in [-0.39, 0.29) is 10.8 Å². The van der Waals surface area contributed by atoms with Gasteiger partial charge in [-0.05, 0) is 84.0 Å². The molecule has 0 atom stereocenters. The number of allylic oxidation sites excluding steroid dienone is 6. The first-order chi connectivity index (χ1) is 18.3. The SMILES string of the molecule is CN(C)CCN1/C(=C/C=C/C=C/C2=[N+](CCN(C)C)c3ccc(O)cc3C2(C)C)C(C)(C)c2cc(O)ccc21. The van der Waals surface area contributed by atoms with Crippen LogP contribution in [0.3, 0.4) is 0 Å². The van der Waals surface area contributed by atoms with Crippen LogP contribution in [-0.2, 0) is 10.8 Å². The van der Waals surface area contributed by atoms with E-state index in [4.69, 9.17) is 0 Å². The lowest BCUT2D eigenvalue weighted by Gasteiger charge is -2.28. The Kier molecular flexibility index (Phi) is 8.10. The summed E-state index contributed by atoms with van der Waals surface area (Å²) in [6.07, 6.45) is 10.7. The fourth-order valence-electron chi connectivity index (χ4n) is 5.77. The minimum Gasteiger partial charge on any atom is -0.508 e. The Labute approximate surface area is 234 Å². The van der Waals surface area contributed by atoms with Gasteiger partial charge in [0.15, 0.2) is 12.3 Å². The van der Waals surface area contributed by atoms with Crippen LogP contribution in [0.15, 0.2) is 72.5 Å². The Morgan fingerprint density at radius 1 is 0.795 bits per heavy atom. The third kappa shape index (κ3) is 5.68. The van der Waals surface area contributed by atoms with Gasteiger partial charge < -0.3 is 24.9 Å². The van der Waals surface area contributed by atoms with Crippen molar-refractivity contribution in [3.05, 3.63) is 83.6 Å². The Hall–Kier alpha value is -3.35. The zero-order valence-electron chi connectivity index (χ0n) is 24.9. The zero-order valence-corrected chi connectivity index (χ0v) is 24.9. The summed E-state index contributed by atoms with van der Waals surface area (Å²) in [6.45, 7) is 12.5. The summed E-state index contributed by atoms with van der Waals surface area (Å²) in [6, 6.07) is 11.4. The molecule has 0 spiro atoms. The zero-order chi connectivity index (χ0) is 28.5. The Balaban J connectivity index is 1.64. The molecule has 4 rings (SSSR count). The van der Waals surface area contributed by atoms with Crippen LogP contribution in [0, 0.1) is 0 Å². The third-order valence-electron chi connectivity index (χ3n) is 8.02. The van der Waals surface area contributed by atoms with Crippen molar-refractivity contribution in [3.63, 3.8) is 0 Å². The number of rotatable bonds is 9. The van der Waals surface area contributed by atoms with Crippen molar-refractivity contribution in [2.24, 2.45) is 0 Å². The van der Waals surface area contributed by atoms with Crippen LogP contribution in [0.25, 0.3) is 0 Å². The second kappa shape index (κ2) is 11.0. The normalized spacial score (nSPS) is 18.9. The van der Waals surface area contributed by atoms with E-state index in [1.54, 1.807) is 12.1 Å². The lowest BCUT2D eigenvalue weighted by Crippen LogP contribution is -2.32. The molecule has 0 bridgehead atoms. The highest BCUT2D eigenvalue weighted by molar-refractivity contribution is 6.03. The quantitative estimate of drug-likeness (QED) is 0.337. The molecule has 2 aromatic carbocycles. The first-order valence-electron chi connectivity index (χ1n) is 13.8. The molecular formula is C33H45N4O2+. The van der Waals surface area contributed by atoms with Gasteiger partial charge in [-0.3, -0.25) is 0 Å². The van der Waals surface area contributed by atoms with Crippen LogP contribution in [-0.4, -0.2) is 84.7 Å². The van der Waals surface area contributed by atoms with Crippen molar-refractivity contribution in [1.82, 2.24) is 9.80 Å². The van der Waals surface area contributed by atoms with Gasteiger partial charge >= 0.3 is 0 Å². The van der Waals surface area contributed by atoms with E-state index in [9.17, 15) is 10.2 Å². The maximum Gasteiger partial charge on any atom is 0.210 e. The molecule has 0 aliphatic carbocycles. The summed E-state index contributed by atoms with van der Waals surface area (Å²) < 4.78 is 2.38. The number of nitrogens with zero attached hydrogens (tertiary/aromatic N) is 4. The van der Waals surface area contributed by atoms with Gasteiger partial charge in [-0.25, -0.2) is 0 Å². The topological polar surface area (TPSA) is 53.2 Å². The van der Waals surface area contributed by atoms with Gasteiger partial charge in [0.2, 0.25) is 5.69 Å². The van der Waals surface area contributed by atoms with E-state index >= 15 is 0 Å². The minimum atomic E-state index is -0.219. The van der Waals surface area contributed by atoms with Crippen LogP contribution >= 0.6 is 0 Å². The fourth-order valence-corrected chi connectivity index (χ4v) is 5.77. The van der Waals surface area contributed by atoms with Crippen molar-refractivity contribution >= 4 is 17.1 Å². The highest BCUT2D eigenvalue weighted by atomic mass is 16.3. The first-order valence-corrected chi connectivity index (χ1v) is 13.8. The summed E-state index contributed by atoms with van der Waals surface area (Å²) in [4.78, 5) is 6.77. The molecule has 0 unspecified atom stereocenters. The summed E-state index contributed by atoms with van der Waals surface area (Å²) in [7, 11) is 8.38. The Morgan fingerprint density at radius 2 is 1.44 bits per heavy atom. The van der Waals surface area contributed by atoms with E-state index in [0.29, 0.717) is 11.5 Å². The molecule has 0 saturated heterocycles. The summed E-state index contributed by atoms with van der Waals surface area (Å²) in [5.41, 5.74) is 6.63. The van der Waals surface area contributed by atoms with E-state index in [0.717, 1.165) is 48.7 Å². The minimum absolute atomic E-state index is 0.219. The predicted molar refractivity (Wildman–Crippen MR) is 163 cm³/mol. The van der Waals surface area contributed by atoms with Gasteiger partial charge in [0.25, 0.3) is 0 Å². The van der Waals surface area contributed by atoms with Gasteiger partial charge in [0, 0.05) is 47.6 Å². The van der Waals surface area contributed by atoms with E-state index < -0.39 is 0 Å². The molecule has 0 radical (unpaired) electrons. The average molecular weight is 530 g/mol. The predicted octanol–water partition coefficient (Wildman–Crippen LogP) is 5.39. The number of fused-ring (bicyclic) bond motifs is 2. The average Bonchev–Trinajstić information content (AvgIpc) is 3.19. The smallest absolute Gasteiger partial charge is 0.210 e. The van der Waals surface area contributed by atoms with Crippen LogP contribution in [0.4, 0.5) is 11.4 Å². The molecule has 2 aliphatic rings. The van der Waals surface area contributed by atoms with Crippen LogP contribution < -0.4 is 4.90 Å². The molecule has 6 nitrogen and oxygen atoms in total. The lowest BCUT2D eigenvalue weighted by molar-refractivity contribution is -0.437. The second-order valence-corrected chi connectivity index (χ2v) is 12.2. The van der Waals surface area contributed by atoms with Crippen molar-refractivity contribution < 1.29 is 14.8 Å². The number of hydrogen-bond acceptors (Lipinski definition) is 5. The van der Waals surface area contributed by atoms with Crippen molar-refractivity contribution in [2.75, 3.05) is 59.3 Å². The summed E-state index contributed by atoms with van der Waals surface area (Å²) in [5, 5.41) is 20.4. The number of hydrogen-bond donors (Lipinski definition) is 2. The molecule has 39 heavy (non-hydrogen) atoms. The number of phenols is 2. The summed E-state index contributed by atoms with van der Waals surface area (Å²) >= 11 is 0. The number of aromatic hydroxyl groups is 2. The molecule has 0 saturated carbocycles. The number of anilines is 1. The van der Waals surface area contributed by atoms with Crippen molar-refractivity contribution in [1.29, 1.82) is 0 Å². The number of benzene rings is 2. The van der Waals surface area contributed by atoms with Crippen molar-refractivity contribution in [2.45, 2.75) is 38.5 Å². The van der Waals surface area contributed by atoms with Gasteiger partial charge in [-0.1, -0.05) is 32.1 Å². The van der Waals surface area contributed by atoms with E-state index in [1.807, 2.05) is 24.3 Å². The molecule has 2 aromatic rings. The van der Waals surface area contributed by atoms with Gasteiger partial charge in [0.05, 0.1) is 12.0 Å². The fraction of sp³-hybridized carbons (Fsp3) is 0.424. The molecule has 0 fully saturated rings. The number of phenolic OH excluding ortho intramolecular Hbond substituents is 2. The van der Waals surface area contributed by atoms with Gasteiger partial charge in [-0.2, -0.15) is 4.58 Å². The largest absolute Gasteiger partial charge is 0.508 e. The monoisotopic (exact) mass is 529 g/mol. The highest BCUT2D eigenvalue weighted by Gasteiger charge is 2.44. The van der Waals surface area contributed by atoms with Crippen LogP contribution in [0.5, 0.6) is 11.5 Å². The van der Waals surface area contributed by atoms with Gasteiger partial charge in [-0.15, -0.1) is 0 Å². The molecule has 2 aliphatic heterocycles. The molecule has 208 valence electrons. The Morgan fingerprint density at radius 3 is 2.10 bits per heavy atom. The molecule has 6 heteroatoms. The maximum absolute atomic E-state index is 10.2. The van der Waals surface area contributed by atoms with E-state index in [1.165, 1.54) is 11.4 Å². The Bertz CT molecular complexity index is 1350. The van der Waals surface area contributed by atoms with Gasteiger partial charge in [0.1, 0.15) is 11.5 Å². The van der Waals surface area contributed by atoms with E-state index in [2.05, 4.69) is 106 Å². The summed E-state index contributed by atoms with van der Waals surface area (Å²) in [5.74, 6) is 0.608. The molecule has 2 heterocycles.